The molecule has 1 aromatic carbocycles. The minimum atomic E-state index is -4.51. The molecule has 2 rings (SSSR count). The number of aromatic nitrogens is 2. The fraction of sp³-hybridized carbons (Fsp3) is 0.308. The summed E-state index contributed by atoms with van der Waals surface area (Å²) in [5, 5.41) is 0. The van der Waals surface area contributed by atoms with Gasteiger partial charge in [0.05, 0.1) is 16.2 Å². The molecule has 0 aliphatic heterocycles. The summed E-state index contributed by atoms with van der Waals surface area (Å²) in [5.74, 6) is 0.106. The summed E-state index contributed by atoms with van der Waals surface area (Å²) in [6, 6.07) is 3.27. The second-order valence-corrected chi connectivity index (χ2v) is 6.48. The highest BCUT2D eigenvalue weighted by atomic mass is 32.2. The molecule has 5 nitrogen and oxygen atoms in total. The van der Waals surface area contributed by atoms with Crippen LogP contribution in [0.1, 0.15) is 17.0 Å². The third-order valence-corrected chi connectivity index (χ3v) is 4.68. The quantitative estimate of drug-likeness (QED) is 0.939. The van der Waals surface area contributed by atoms with Crippen molar-refractivity contribution in [3.8, 4) is 0 Å². The molecule has 0 spiro atoms. The molecule has 120 valence electrons. The van der Waals surface area contributed by atoms with Gasteiger partial charge in [-0.2, -0.15) is 13.2 Å². The molecule has 0 atom stereocenters. The lowest BCUT2D eigenvalue weighted by Crippen LogP contribution is -2.16. The van der Waals surface area contributed by atoms with Gasteiger partial charge in [0.15, 0.2) is 0 Å². The molecule has 0 amide bonds. The molecule has 1 aromatic heterocycles. The second kappa shape index (κ2) is 5.31. The number of sulfonamides is 1. The van der Waals surface area contributed by atoms with E-state index in [-0.39, 0.29) is 10.8 Å². The lowest BCUT2D eigenvalue weighted by Gasteiger charge is -2.10. The number of anilines is 1. The van der Waals surface area contributed by atoms with Gasteiger partial charge in [-0.05, 0) is 38.1 Å². The van der Waals surface area contributed by atoms with Crippen LogP contribution in [0, 0.1) is 13.8 Å². The molecule has 0 aliphatic rings. The molecule has 22 heavy (non-hydrogen) atoms. The average Bonchev–Trinajstić information content (AvgIpc) is 2.65. The Bertz CT molecular complexity index is 793. The molecular formula is C13H14F3N3O2S. The number of hydrogen-bond donors (Lipinski definition) is 1. The predicted molar refractivity (Wildman–Crippen MR) is 74.9 cm³/mol. The summed E-state index contributed by atoms with van der Waals surface area (Å²) >= 11 is 0. The van der Waals surface area contributed by atoms with E-state index in [9.17, 15) is 21.6 Å². The van der Waals surface area contributed by atoms with E-state index in [0.29, 0.717) is 5.69 Å². The van der Waals surface area contributed by atoms with Crippen LogP contribution in [0.25, 0.3) is 0 Å². The summed E-state index contributed by atoms with van der Waals surface area (Å²) in [6.07, 6.45) is -4.51. The number of aryl methyl sites for hydroxylation is 1. The van der Waals surface area contributed by atoms with Crippen LogP contribution in [0.5, 0.6) is 0 Å². The smallest absolute Gasteiger partial charge is 0.317 e. The molecule has 0 radical (unpaired) electrons. The Balaban J connectivity index is 2.33. The largest absolute Gasteiger partial charge is 0.416 e. The lowest BCUT2D eigenvalue weighted by atomic mass is 10.2. The van der Waals surface area contributed by atoms with Gasteiger partial charge in [-0.25, -0.2) is 18.1 Å². The maximum atomic E-state index is 12.5. The highest BCUT2D eigenvalue weighted by molar-refractivity contribution is 7.92. The van der Waals surface area contributed by atoms with Crippen molar-refractivity contribution in [3.63, 3.8) is 0 Å². The van der Waals surface area contributed by atoms with Crippen LogP contribution >= 0.6 is 0 Å². The Morgan fingerprint density at radius 3 is 2.09 bits per heavy atom. The van der Waals surface area contributed by atoms with Crippen molar-refractivity contribution >= 4 is 16.0 Å². The highest BCUT2D eigenvalue weighted by Crippen LogP contribution is 2.30. The molecule has 0 saturated heterocycles. The number of benzene rings is 1. The fourth-order valence-electron chi connectivity index (χ4n) is 1.81. The lowest BCUT2D eigenvalue weighted by molar-refractivity contribution is -0.137. The number of rotatable bonds is 3. The van der Waals surface area contributed by atoms with Crippen molar-refractivity contribution < 1.29 is 21.6 Å². The normalized spacial score (nSPS) is 12.5. The molecule has 0 bridgehead atoms. The summed E-state index contributed by atoms with van der Waals surface area (Å²) < 4.78 is 65.7. The van der Waals surface area contributed by atoms with Crippen molar-refractivity contribution in [2.45, 2.75) is 24.9 Å². The summed E-state index contributed by atoms with van der Waals surface area (Å²) in [7, 11) is -2.36. The Labute approximate surface area is 125 Å². The van der Waals surface area contributed by atoms with Crippen LogP contribution in [-0.4, -0.2) is 18.0 Å². The van der Waals surface area contributed by atoms with Gasteiger partial charge < -0.3 is 4.57 Å². The zero-order valence-corrected chi connectivity index (χ0v) is 12.9. The third kappa shape index (κ3) is 3.08. The van der Waals surface area contributed by atoms with Crippen LogP contribution < -0.4 is 4.72 Å². The number of hydrogen-bond acceptors (Lipinski definition) is 3. The number of imidazole rings is 1. The molecule has 0 saturated carbocycles. The Morgan fingerprint density at radius 2 is 1.68 bits per heavy atom. The molecule has 0 unspecified atom stereocenters. The number of nitrogens with zero attached hydrogens (tertiary/aromatic N) is 2. The van der Waals surface area contributed by atoms with Gasteiger partial charge >= 0.3 is 6.18 Å². The van der Waals surface area contributed by atoms with E-state index in [4.69, 9.17) is 0 Å². The van der Waals surface area contributed by atoms with Gasteiger partial charge in [0, 0.05) is 12.7 Å². The van der Waals surface area contributed by atoms with Crippen LogP contribution in [-0.2, 0) is 23.2 Å². The zero-order valence-electron chi connectivity index (χ0n) is 12.1. The standard InChI is InChI=1S/C13H14F3N3O2S/c1-8-9(2)19(3)12(17-8)18-22(20,21)11-6-4-10(5-7-11)13(14,15)16/h4-7H,1-3H3,(H,17,18). The van der Waals surface area contributed by atoms with E-state index >= 15 is 0 Å². The van der Waals surface area contributed by atoms with E-state index in [2.05, 4.69) is 9.71 Å². The number of halogens is 3. The van der Waals surface area contributed by atoms with Crippen molar-refractivity contribution in [2.24, 2.45) is 7.05 Å². The van der Waals surface area contributed by atoms with Crippen molar-refractivity contribution in [1.82, 2.24) is 9.55 Å². The first kappa shape index (κ1) is 16.3. The van der Waals surface area contributed by atoms with Gasteiger partial charge in [-0.15, -0.1) is 0 Å². The van der Waals surface area contributed by atoms with E-state index < -0.39 is 21.8 Å². The van der Waals surface area contributed by atoms with Crippen LogP contribution in [0.15, 0.2) is 29.2 Å². The third-order valence-electron chi connectivity index (χ3n) is 3.34. The predicted octanol–water partition coefficient (Wildman–Crippen LogP) is 2.86. The number of nitrogens with one attached hydrogen (secondary N) is 1. The maximum absolute atomic E-state index is 12.5. The first-order valence-electron chi connectivity index (χ1n) is 6.22. The van der Waals surface area contributed by atoms with Crippen molar-refractivity contribution in [2.75, 3.05) is 4.72 Å². The molecule has 1 N–H and O–H groups in total. The van der Waals surface area contributed by atoms with E-state index in [1.165, 1.54) is 0 Å². The molecule has 0 aliphatic carbocycles. The van der Waals surface area contributed by atoms with Gasteiger partial charge in [0.25, 0.3) is 10.0 Å². The van der Waals surface area contributed by atoms with Crippen molar-refractivity contribution in [1.29, 1.82) is 0 Å². The Kier molecular flexibility index (Phi) is 3.94. The Morgan fingerprint density at radius 1 is 1.14 bits per heavy atom. The average molecular weight is 333 g/mol. The molecular weight excluding hydrogens is 319 g/mol. The van der Waals surface area contributed by atoms with Gasteiger partial charge in [-0.3, -0.25) is 0 Å². The Hall–Kier alpha value is -2.03. The van der Waals surface area contributed by atoms with E-state index in [0.717, 1.165) is 30.0 Å². The summed E-state index contributed by atoms with van der Waals surface area (Å²) in [6.45, 7) is 3.50. The van der Waals surface area contributed by atoms with E-state index in [1.807, 2.05) is 0 Å². The molecule has 1 heterocycles. The first-order valence-corrected chi connectivity index (χ1v) is 7.70. The zero-order chi connectivity index (χ0) is 16.7. The minimum absolute atomic E-state index is 0.106. The highest BCUT2D eigenvalue weighted by Gasteiger charge is 2.30. The monoisotopic (exact) mass is 333 g/mol. The van der Waals surface area contributed by atoms with Crippen LogP contribution in [0.4, 0.5) is 19.1 Å². The van der Waals surface area contributed by atoms with Crippen LogP contribution in [0.3, 0.4) is 0 Å². The van der Waals surface area contributed by atoms with Gasteiger partial charge in [-0.1, -0.05) is 0 Å². The maximum Gasteiger partial charge on any atom is 0.416 e. The minimum Gasteiger partial charge on any atom is -0.317 e. The topological polar surface area (TPSA) is 64.0 Å². The molecule has 2 aromatic rings. The summed E-state index contributed by atoms with van der Waals surface area (Å²) in [5.41, 5.74) is 0.535. The SMILES string of the molecule is Cc1nc(NS(=O)(=O)c2ccc(C(F)(F)F)cc2)n(C)c1C. The fourth-order valence-corrected chi connectivity index (χ4v) is 2.84. The first-order chi connectivity index (χ1) is 10.0. The van der Waals surface area contributed by atoms with Crippen molar-refractivity contribution in [3.05, 3.63) is 41.2 Å². The van der Waals surface area contributed by atoms with E-state index in [1.54, 1.807) is 25.5 Å². The second-order valence-electron chi connectivity index (χ2n) is 4.79. The molecule has 9 heteroatoms. The van der Waals surface area contributed by atoms with Gasteiger partial charge in [0.1, 0.15) is 0 Å². The van der Waals surface area contributed by atoms with Crippen LogP contribution in [0.2, 0.25) is 0 Å². The number of alkyl halides is 3. The van der Waals surface area contributed by atoms with Gasteiger partial charge in [0.2, 0.25) is 5.95 Å². The molecule has 0 fully saturated rings. The summed E-state index contributed by atoms with van der Waals surface area (Å²) in [4.78, 5) is 3.80.